The molecule has 1 aromatic heterocycles. The van der Waals surface area contributed by atoms with Gasteiger partial charge in [-0.05, 0) is 67.8 Å². The van der Waals surface area contributed by atoms with Gasteiger partial charge in [0.15, 0.2) is 0 Å². The van der Waals surface area contributed by atoms with Gasteiger partial charge in [-0.1, -0.05) is 18.2 Å². The summed E-state index contributed by atoms with van der Waals surface area (Å²) in [7, 11) is 2.13. The van der Waals surface area contributed by atoms with E-state index in [9.17, 15) is 0 Å². The maximum absolute atomic E-state index is 5.79. The summed E-state index contributed by atoms with van der Waals surface area (Å²) in [4.78, 5) is 0. The molecule has 108 valence electrons. The van der Waals surface area contributed by atoms with E-state index in [1.165, 1.54) is 25.4 Å². The van der Waals surface area contributed by atoms with Crippen molar-refractivity contribution in [3.63, 3.8) is 0 Å². The maximum Gasteiger partial charge on any atom is 0.117 e. The summed E-state index contributed by atoms with van der Waals surface area (Å²) < 4.78 is 9.34. The van der Waals surface area contributed by atoms with Crippen LogP contribution in [0, 0.1) is 0 Å². The molecule has 0 bridgehead atoms. The van der Waals surface area contributed by atoms with Gasteiger partial charge in [0.2, 0.25) is 0 Å². The fraction of sp³-hybridized carbons (Fsp3) is 0.412. The summed E-state index contributed by atoms with van der Waals surface area (Å²) in [5.41, 5.74) is 2.77. The first-order chi connectivity index (χ1) is 9.61. The van der Waals surface area contributed by atoms with E-state index >= 15 is 0 Å². The third kappa shape index (κ3) is 2.73. The number of hydrogen-bond acceptors (Lipinski definition) is 1. The highest BCUT2D eigenvalue weighted by Crippen LogP contribution is 2.17. The molecule has 0 saturated carbocycles. The van der Waals surface area contributed by atoms with Crippen LogP contribution in [-0.2, 0) is 18.2 Å². The second-order valence-electron chi connectivity index (χ2n) is 4.92. The zero-order valence-corrected chi connectivity index (χ0v) is 14.8. The molecule has 3 heteroatoms. The molecule has 0 N–H and O–H groups in total. The van der Waals surface area contributed by atoms with E-state index in [4.69, 9.17) is 4.74 Å². The Morgan fingerprint density at radius 3 is 2.90 bits per heavy atom. The van der Waals surface area contributed by atoms with Crippen LogP contribution in [0.15, 0.2) is 18.2 Å². The number of hydrogen-bond donors (Lipinski definition) is 0. The molecular weight excluding hydrogens is 361 g/mol. The highest BCUT2D eigenvalue weighted by Gasteiger charge is 2.16. The number of rotatable bonds is 3. The van der Waals surface area contributed by atoms with Crippen LogP contribution in [0.25, 0.3) is 15.4 Å². The topological polar surface area (TPSA) is 14.2 Å². The summed E-state index contributed by atoms with van der Waals surface area (Å²) in [6, 6.07) is 0. The number of fused-ring (bicyclic) bond motifs is 1. The highest BCUT2D eigenvalue weighted by atomic mass is 127. The molecule has 0 amide bonds. The van der Waals surface area contributed by atoms with Crippen molar-refractivity contribution in [3.05, 3.63) is 40.1 Å². The summed E-state index contributed by atoms with van der Waals surface area (Å²) in [5, 5.41) is 2.56. The molecule has 0 unspecified atom stereocenters. The van der Waals surface area contributed by atoms with Crippen molar-refractivity contribution in [1.82, 2.24) is 4.57 Å². The second-order valence-corrected chi connectivity index (χ2v) is 6.09. The predicted octanol–water partition coefficient (Wildman–Crippen LogP) is 3.27. The van der Waals surface area contributed by atoms with Crippen LogP contribution >= 0.6 is 22.6 Å². The molecule has 2 nitrogen and oxygen atoms in total. The van der Waals surface area contributed by atoms with Crippen LogP contribution in [0.1, 0.15) is 38.4 Å². The minimum absolute atomic E-state index is 0.706. The molecule has 0 saturated heterocycles. The lowest BCUT2D eigenvalue weighted by Crippen LogP contribution is -2.33. The Hall–Kier alpha value is -0.970. The summed E-state index contributed by atoms with van der Waals surface area (Å²) in [6.45, 7) is 6.87. The first-order valence-electron chi connectivity index (χ1n) is 7.12. The zero-order chi connectivity index (χ0) is 14.7. The summed E-state index contributed by atoms with van der Waals surface area (Å²) in [6.07, 6.45) is 11.0. The largest absolute Gasteiger partial charge is 0.496 e. The fourth-order valence-corrected chi connectivity index (χ4v) is 3.77. The molecule has 0 fully saturated rings. The summed E-state index contributed by atoms with van der Waals surface area (Å²) in [5.74, 6) is 1.01. The Labute approximate surface area is 134 Å². The van der Waals surface area contributed by atoms with Crippen LogP contribution in [0.4, 0.5) is 0 Å². The molecule has 20 heavy (non-hydrogen) atoms. The minimum Gasteiger partial charge on any atom is -0.496 e. The van der Waals surface area contributed by atoms with Crippen molar-refractivity contribution in [2.24, 2.45) is 7.05 Å². The molecule has 0 spiro atoms. The third-order valence-corrected chi connectivity index (χ3v) is 4.53. The van der Waals surface area contributed by atoms with Gasteiger partial charge in [-0.15, -0.1) is 0 Å². The molecule has 0 aliphatic heterocycles. The first kappa shape index (κ1) is 15.4. The van der Waals surface area contributed by atoms with Crippen molar-refractivity contribution in [2.75, 3.05) is 6.61 Å². The normalized spacial score (nSPS) is 17.2. The molecule has 0 aromatic carbocycles. The number of allylic oxidation sites excluding steroid dienone is 3. The number of halogens is 1. The lowest BCUT2D eigenvalue weighted by molar-refractivity contribution is 0.288. The van der Waals surface area contributed by atoms with Gasteiger partial charge >= 0.3 is 0 Å². The second kappa shape index (κ2) is 6.66. The van der Waals surface area contributed by atoms with Gasteiger partial charge in [-0.3, -0.25) is 0 Å². The van der Waals surface area contributed by atoms with E-state index in [2.05, 4.69) is 72.4 Å². The van der Waals surface area contributed by atoms with Crippen LogP contribution in [0.2, 0.25) is 0 Å². The highest BCUT2D eigenvalue weighted by molar-refractivity contribution is 14.1. The molecular formula is C17H22INO. The Bertz CT molecular complexity index is 677. The molecule has 1 aromatic rings. The van der Waals surface area contributed by atoms with Crippen LogP contribution < -0.4 is 10.6 Å². The van der Waals surface area contributed by atoms with E-state index in [-0.39, 0.29) is 0 Å². The Balaban J connectivity index is 2.95. The number of aromatic nitrogens is 1. The minimum atomic E-state index is 0.706. The smallest absolute Gasteiger partial charge is 0.117 e. The fourth-order valence-electron chi connectivity index (χ4n) is 2.83. The SMILES string of the molecule is C\C=C/C(I)=c1/c2c(n(C)/c1=C(/C)OCC)C=CCC2. The van der Waals surface area contributed by atoms with E-state index < -0.39 is 0 Å². The first-order valence-corrected chi connectivity index (χ1v) is 8.20. The average molecular weight is 383 g/mol. The molecule has 1 aliphatic rings. The maximum atomic E-state index is 5.79. The standard InChI is InChI=1S/C17H22INO/c1-5-9-14(18)16-13-10-7-8-11-15(13)19(4)17(16)12(3)20-6-2/h5,8-9,11H,6-7,10H2,1-4H3/b9-5-,16-14+,17-12-. The zero-order valence-electron chi connectivity index (χ0n) is 12.7. The summed E-state index contributed by atoms with van der Waals surface area (Å²) >= 11 is 2.44. The van der Waals surface area contributed by atoms with E-state index in [1.54, 1.807) is 0 Å². The van der Waals surface area contributed by atoms with Crippen molar-refractivity contribution in [3.8, 4) is 0 Å². The van der Waals surface area contributed by atoms with E-state index in [0.29, 0.717) is 6.61 Å². The van der Waals surface area contributed by atoms with Crippen molar-refractivity contribution >= 4 is 38.0 Å². The quantitative estimate of drug-likeness (QED) is 0.731. The Morgan fingerprint density at radius 1 is 1.50 bits per heavy atom. The molecule has 0 atom stereocenters. The van der Waals surface area contributed by atoms with E-state index in [0.717, 1.165) is 18.6 Å². The van der Waals surface area contributed by atoms with Gasteiger partial charge in [0.05, 0.1) is 12.0 Å². The predicted molar refractivity (Wildman–Crippen MR) is 95.0 cm³/mol. The van der Waals surface area contributed by atoms with Gasteiger partial charge in [0, 0.05) is 21.5 Å². The van der Waals surface area contributed by atoms with Gasteiger partial charge < -0.3 is 9.30 Å². The van der Waals surface area contributed by atoms with Crippen LogP contribution in [0.3, 0.4) is 0 Å². The van der Waals surface area contributed by atoms with Gasteiger partial charge in [0.1, 0.15) is 5.76 Å². The number of ether oxygens (including phenoxy) is 1. The van der Waals surface area contributed by atoms with Crippen LogP contribution in [-0.4, -0.2) is 11.2 Å². The van der Waals surface area contributed by atoms with Gasteiger partial charge in [0.25, 0.3) is 0 Å². The van der Waals surface area contributed by atoms with Crippen molar-refractivity contribution in [2.45, 2.75) is 33.6 Å². The Morgan fingerprint density at radius 2 is 2.25 bits per heavy atom. The van der Waals surface area contributed by atoms with Crippen LogP contribution in [0.5, 0.6) is 0 Å². The lowest BCUT2D eigenvalue weighted by Gasteiger charge is -2.07. The van der Waals surface area contributed by atoms with Gasteiger partial charge in [-0.2, -0.15) is 0 Å². The monoisotopic (exact) mass is 383 g/mol. The third-order valence-electron chi connectivity index (χ3n) is 3.63. The molecule has 1 heterocycles. The van der Waals surface area contributed by atoms with Gasteiger partial charge in [-0.25, -0.2) is 0 Å². The lowest BCUT2D eigenvalue weighted by atomic mass is 10.0. The molecule has 2 rings (SSSR count). The van der Waals surface area contributed by atoms with E-state index in [1.807, 2.05) is 6.92 Å². The molecule has 1 aliphatic carbocycles. The average Bonchev–Trinajstić information content (AvgIpc) is 2.73. The van der Waals surface area contributed by atoms with Crippen molar-refractivity contribution in [1.29, 1.82) is 0 Å². The van der Waals surface area contributed by atoms with Crippen molar-refractivity contribution < 1.29 is 4.74 Å². The molecule has 0 radical (unpaired) electrons. The number of nitrogens with zero attached hydrogens (tertiary/aromatic N) is 1. The Kier molecular flexibility index (Phi) is 5.13.